The zero-order chi connectivity index (χ0) is 14.9. The van der Waals surface area contributed by atoms with Crippen LogP contribution in [0.25, 0.3) is 0 Å². The van der Waals surface area contributed by atoms with Crippen LogP contribution >= 0.6 is 15.9 Å². The molecule has 0 radical (unpaired) electrons. The first kappa shape index (κ1) is 14.5. The van der Waals surface area contributed by atoms with Crippen molar-refractivity contribution in [3.8, 4) is 11.6 Å². The SMILES string of the molecule is Cc1cc(C)c(C(N)=O)c(Oc2ccc(Br)c(C)c2)n1. The number of carbonyl (C=O) groups is 1. The number of aromatic nitrogens is 1. The van der Waals surface area contributed by atoms with E-state index in [1.54, 1.807) is 12.1 Å². The Hall–Kier alpha value is -1.88. The van der Waals surface area contributed by atoms with Crippen molar-refractivity contribution >= 4 is 21.8 Å². The van der Waals surface area contributed by atoms with Gasteiger partial charge in [0.25, 0.3) is 5.91 Å². The van der Waals surface area contributed by atoms with Crippen molar-refractivity contribution in [3.05, 3.63) is 51.1 Å². The normalized spacial score (nSPS) is 10.4. The molecule has 1 aromatic heterocycles. The van der Waals surface area contributed by atoms with Gasteiger partial charge in [0.2, 0.25) is 5.88 Å². The molecule has 0 atom stereocenters. The molecule has 5 heteroatoms. The summed E-state index contributed by atoms with van der Waals surface area (Å²) in [7, 11) is 0. The minimum atomic E-state index is -0.543. The lowest BCUT2D eigenvalue weighted by Crippen LogP contribution is -2.15. The number of pyridine rings is 1. The van der Waals surface area contributed by atoms with Gasteiger partial charge in [0.15, 0.2) is 0 Å². The molecular weight excluding hydrogens is 320 g/mol. The summed E-state index contributed by atoms with van der Waals surface area (Å²) in [6.45, 7) is 5.62. The third kappa shape index (κ3) is 2.99. The lowest BCUT2D eigenvalue weighted by Gasteiger charge is -2.12. The predicted molar refractivity (Wildman–Crippen MR) is 81.2 cm³/mol. The van der Waals surface area contributed by atoms with Gasteiger partial charge in [-0.1, -0.05) is 15.9 Å². The second-order valence-corrected chi connectivity index (χ2v) is 5.49. The number of aryl methyl sites for hydroxylation is 3. The molecule has 0 saturated carbocycles. The Morgan fingerprint density at radius 3 is 2.50 bits per heavy atom. The van der Waals surface area contributed by atoms with Gasteiger partial charge in [-0.3, -0.25) is 4.79 Å². The fourth-order valence-corrected chi connectivity index (χ4v) is 2.22. The van der Waals surface area contributed by atoms with Crippen LogP contribution in [0.4, 0.5) is 0 Å². The highest BCUT2D eigenvalue weighted by Crippen LogP contribution is 2.28. The Morgan fingerprint density at radius 1 is 1.20 bits per heavy atom. The molecule has 20 heavy (non-hydrogen) atoms. The Labute approximate surface area is 126 Å². The van der Waals surface area contributed by atoms with Gasteiger partial charge in [0.1, 0.15) is 11.3 Å². The average molecular weight is 335 g/mol. The monoisotopic (exact) mass is 334 g/mol. The van der Waals surface area contributed by atoms with E-state index in [0.29, 0.717) is 11.3 Å². The van der Waals surface area contributed by atoms with Crippen molar-refractivity contribution < 1.29 is 9.53 Å². The average Bonchev–Trinajstić information content (AvgIpc) is 2.32. The summed E-state index contributed by atoms with van der Waals surface area (Å²) >= 11 is 3.43. The number of hydrogen-bond donors (Lipinski definition) is 1. The summed E-state index contributed by atoms with van der Waals surface area (Å²) in [4.78, 5) is 15.8. The minimum absolute atomic E-state index is 0.247. The molecule has 1 aromatic carbocycles. The molecule has 4 nitrogen and oxygen atoms in total. The molecule has 0 bridgehead atoms. The summed E-state index contributed by atoms with van der Waals surface area (Å²) in [6.07, 6.45) is 0. The van der Waals surface area contributed by atoms with Gasteiger partial charge in [-0.2, -0.15) is 0 Å². The van der Waals surface area contributed by atoms with Crippen LogP contribution in [-0.2, 0) is 0 Å². The van der Waals surface area contributed by atoms with Gasteiger partial charge in [-0.15, -0.1) is 0 Å². The van der Waals surface area contributed by atoms with Crippen LogP contribution in [0.15, 0.2) is 28.7 Å². The van der Waals surface area contributed by atoms with E-state index in [1.807, 2.05) is 32.9 Å². The number of benzene rings is 1. The van der Waals surface area contributed by atoms with Crippen molar-refractivity contribution in [1.29, 1.82) is 0 Å². The van der Waals surface area contributed by atoms with Crippen LogP contribution in [0.2, 0.25) is 0 Å². The van der Waals surface area contributed by atoms with Crippen molar-refractivity contribution in [2.24, 2.45) is 5.73 Å². The van der Waals surface area contributed by atoms with Crippen LogP contribution in [-0.4, -0.2) is 10.9 Å². The first-order chi connectivity index (χ1) is 9.38. The van der Waals surface area contributed by atoms with Crippen LogP contribution in [0.5, 0.6) is 11.6 Å². The maximum atomic E-state index is 11.6. The summed E-state index contributed by atoms with van der Waals surface area (Å²) in [6, 6.07) is 7.37. The summed E-state index contributed by atoms with van der Waals surface area (Å²) in [5.74, 6) is 0.321. The summed E-state index contributed by atoms with van der Waals surface area (Å²) in [5, 5.41) is 0. The van der Waals surface area contributed by atoms with Gasteiger partial charge in [-0.05, 0) is 56.2 Å². The van der Waals surface area contributed by atoms with E-state index < -0.39 is 5.91 Å². The number of amides is 1. The zero-order valence-electron chi connectivity index (χ0n) is 11.5. The highest BCUT2D eigenvalue weighted by molar-refractivity contribution is 9.10. The maximum Gasteiger partial charge on any atom is 0.254 e. The number of nitrogens with zero attached hydrogens (tertiary/aromatic N) is 1. The van der Waals surface area contributed by atoms with Gasteiger partial charge >= 0.3 is 0 Å². The van der Waals surface area contributed by atoms with Crippen molar-refractivity contribution in [3.63, 3.8) is 0 Å². The number of halogens is 1. The molecule has 1 heterocycles. The molecule has 2 aromatic rings. The van der Waals surface area contributed by atoms with E-state index in [4.69, 9.17) is 10.5 Å². The number of ether oxygens (including phenoxy) is 1. The second-order valence-electron chi connectivity index (χ2n) is 4.64. The largest absolute Gasteiger partial charge is 0.438 e. The van der Waals surface area contributed by atoms with E-state index in [2.05, 4.69) is 20.9 Å². The second kappa shape index (κ2) is 5.63. The third-order valence-corrected chi connectivity index (χ3v) is 3.79. The van der Waals surface area contributed by atoms with Gasteiger partial charge in [-0.25, -0.2) is 4.98 Å². The van der Waals surface area contributed by atoms with E-state index in [9.17, 15) is 4.79 Å². The highest BCUT2D eigenvalue weighted by Gasteiger charge is 2.16. The van der Waals surface area contributed by atoms with E-state index in [1.165, 1.54) is 0 Å². The van der Waals surface area contributed by atoms with Crippen LogP contribution in [0.3, 0.4) is 0 Å². The standard InChI is InChI=1S/C15H15BrN2O2/c1-8-7-11(4-5-12(8)16)20-15-13(14(17)19)9(2)6-10(3)18-15/h4-7H,1-3H3,(H2,17,19). The van der Waals surface area contributed by atoms with Crippen molar-refractivity contribution in [2.45, 2.75) is 20.8 Å². The molecule has 1 amide bonds. The molecule has 0 spiro atoms. The number of primary amides is 1. The quantitative estimate of drug-likeness (QED) is 0.931. The first-order valence-corrected chi connectivity index (χ1v) is 6.90. The molecule has 0 unspecified atom stereocenters. The van der Waals surface area contributed by atoms with E-state index >= 15 is 0 Å². The lowest BCUT2D eigenvalue weighted by atomic mass is 10.1. The molecular formula is C15H15BrN2O2. The Morgan fingerprint density at radius 2 is 1.90 bits per heavy atom. The van der Waals surface area contributed by atoms with Crippen LogP contribution in [0, 0.1) is 20.8 Å². The van der Waals surface area contributed by atoms with Crippen molar-refractivity contribution in [2.75, 3.05) is 0 Å². The minimum Gasteiger partial charge on any atom is -0.438 e. The molecule has 104 valence electrons. The first-order valence-electron chi connectivity index (χ1n) is 6.10. The third-order valence-electron chi connectivity index (χ3n) is 2.90. The van der Waals surface area contributed by atoms with Crippen LogP contribution in [0.1, 0.15) is 27.2 Å². The Kier molecular flexibility index (Phi) is 4.09. The zero-order valence-corrected chi connectivity index (χ0v) is 13.1. The van der Waals surface area contributed by atoms with Gasteiger partial charge in [0.05, 0.1) is 0 Å². The fraction of sp³-hybridized carbons (Fsp3) is 0.200. The van der Waals surface area contributed by atoms with Gasteiger partial charge < -0.3 is 10.5 Å². The molecule has 0 aliphatic heterocycles. The summed E-state index contributed by atoms with van der Waals surface area (Å²) in [5.41, 5.74) is 8.29. The Balaban J connectivity index is 2.47. The molecule has 2 rings (SSSR count). The Bertz CT molecular complexity index is 684. The topological polar surface area (TPSA) is 65.2 Å². The van der Waals surface area contributed by atoms with E-state index in [-0.39, 0.29) is 5.88 Å². The maximum absolute atomic E-state index is 11.6. The lowest BCUT2D eigenvalue weighted by molar-refractivity contribution is 0.0997. The van der Waals surface area contributed by atoms with Crippen LogP contribution < -0.4 is 10.5 Å². The highest BCUT2D eigenvalue weighted by atomic mass is 79.9. The number of hydrogen-bond acceptors (Lipinski definition) is 3. The number of carbonyl (C=O) groups excluding carboxylic acids is 1. The molecule has 0 aliphatic carbocycles. The molecule has 2 N–H and O–H groups in total. The summed E-state index contributed by atoms with van der Waals surface area (Å²) < 4.78 is 6.73. The smallest absolute Gasteiger partial charge is 0.254 e. The molecule has 0 saturated heterocycles. The molecule has 0 fully saturated rings. The predicted octanol–water partition coefficient (Wildman–Crippen LogP) is 3.66. The number of nitrogens with two attached hydrogens (primary N) is 1. The van der Waals surface area contributed by atoms with Gasteiger partial charge in [0, 0.05) is 10.2 Å². The number of rotatable bonds is 3. The fourth-order valence-electron chi connectivity index (χ4n) is 1.97. The molecule has 0 aliphatic rings. The van der Waals surface area contributed by atoms with Crippen molar-refractivity contribution in [1.82, 2.24) is 4.98 Å². The van der Waals surface area contributed by atoms with E-state index in [0.717, 1.165) is 21.3 Å².